The van der Waals surface area contributed by atoms with E-state index in [1.165, 1.54) is 0 Å². The molecule has 2 heterocycles. The van der Waals surface area contributed by atoms with Crippen molar-refractivity contribution in [1.29, 1.82) is 0 Å². The third-order valence-corrected chi connectivity index (χ3v) is 7.35. The zero-order valence-electron chi connectivity index (χ0n) is 23.8. The molecular weight excluding hydrogens is 572 g/mol. The minimum Gasteiger partial charge on any atom is -0.481 e. The summed E-state index contributed by atoms with van der Waals surface area (Å²) in [6.45, 7) is 5.97. The van der Waals surface area contributed by atoms with Crippen LogP contribution in [0, 0.1) is 0 Å². The minimum absolute atomic E-state index is 0. The van der Waals surface area contributed by atoms with E-state index in [0.29, 0.717) is 34.1 Å². The lowest BCUT2D eigenvalue weighted by molar-refractivity contribution is -0.136. The van der Waals surface area contributed by atoms with Gasteiger partial charge in [0.2, 0.25) is 0 Å². The van der Waals surface area contributed by atoms with Gasteiger partial charge < -0.3 is 10.4 Å². The van der Waals surface area contributed by atoms with Crippen LogP contribution in [0.5, 0.6) is 0 Å². The van der Waals surface area contributed by atoms with E-state index in [1.807, 2.05) is 73.0 Å². The Bertz CT molecular complexity index is 1710. The zero-order chi connectivity index (χ0) is 30.3. The maximum Gasteiger partial charge on any atom is 0.307 e. The summed E-state index contributed by atoms with van der Waals surface area (Å²) in [7, 11) is 0. The predicted octanol–water partition coefficient (Wildman–Crippen LogP) is 8.65. The normalized spacial score (nSPS) is 13.0. The number of carboxylic acids is 1. The Morgan fingerprint density at radius 2 is 1.59 bits per heavy atom. The molecular formula is C36H35ClN4O3. The Balaban J connectivity index is 0.00000442. The monoisotopic (exact) mass is 606 g/mol. The van der Waals surface area contributed by atoms with E-state index in [0.717, 1.165) is 46.3 Å². The number of carboxylic acid groups (broad SMARTS) is 1. The number of hydrogen-bond donors (Lipinski definition) is 2. The van der Waals surface area contributed by atoms with Gasteiger partial charge >= 0.3 is 5.97 Å². The smallest absolute Gasteiger partial charge is 0.307 e. The van der Waals surface area contributed by atoms with Crippen LogP contribution in [0.3, 0.4) is 0 Å². The zero-order valence-corrected chi connectivity index (χ0v) is 24.5. The van der Waals surface area contributed by atoms with Crippen molar-refractivity contribution in [2.24, 2.45) is 5.10 Å². The fraction of sp³-hybridized carbons (Fsp3) is 0.167. The quantitative estimate of drug-likeness (QED) is 0.101. The Kier molecular flexibility index (Phi) is 10.5. The fourth-order valence-corrected chi connectivity index (χ4v) is 5.05. The number of amides is 1. The number of fused-ring (bicyclic) bond motifs is 1. The van der Waals surface area contributed by atoms with Gasteiger partial charge in [0.15, 0.2) is 0 Å². The third kappa shape index (κ3) is 7.30. The molecule has 0 radical (unpaired) electrons. The van der Waals surface area contributed by atoms with Crippen LogP contribution in [-0.2, 0) is 22.4 Å². The van der Waals surface area contributed by atoms with E-state index in [-0.39, 0.29) is 19.8 Å². The number of carbonyl (C=O) groups is 2. The van der Waals surface area contributed by atoms with Crippen molar-refractivity contribution < 1.29 is 14.7 Å². The van der Waals surface area contributed by atoms with Crippen LogP contribution in [-0.4, -0.2) is 28.2 Å². The van der Waals surface area contributed by atoms with Gasteiger partial charge in [-0.2, -0.15) is 5.10 Å². The molecule has 0 fully saturated rings. The van der Waals surface area contributed by atoms with Gasteiger partial charge in [0.1, 0.15) is 0 Å². The summed E-state index contributed by atoms with van der Waals surface area (Å²) in [4.78, 5) is 28.5. The van der Waals surface area contributed by atoms with E-state index in [2.05, 4.69) is 23.9 Å². The highest BCUT2D eigenvalue weighted by Gasteiger charge is 2.27. The first-order valence-corrected chi connectivity index (χ1v) is 14.4. The Morgan fingerprint density at radius 1 is 0.977 bits per heavy atom. The molecule has 2 N–H and O–H groups in total. The topological polar surface area (TPSA) is 94.9 Å². The van der Waals surface area contributed by atoms with E-state index < -0.39 is 5.97 Å². The molecule has 0 bridgehead atoms. The number of hydrazone groups is 1. The molecule has 7 nitrogen and oxygen atoms in total. The van der Waals surface area contributed by atoms with Crippen molar-refractivity contribution in [3.8, 4) is 22.4 Å². The SMILES string of the molecule is C.C=CN(/N=C\CCC)c1ccc(-c2ccc(-c3nc4c(cc3Cl)NC(=O)/C4=C\Cc3ccc(CC(=O)O)cc3)cc2)cc1. The highest BCUT2D eigenvalue weighted by Crippen LogP contribution is 2.38. The lowest BCUT2D eigenvalue weighted by atomic mass is 10.0. The molecule has 1 aliphatic rings. The van der Waals surface area contributed by atoms with Gasteiger partial charge in [-0.25, -0.2) is 9.99 Å². The van der Waals surface area contributed by atoms with Crippen LogP contribution >= 0.6 is 11.6 Å². The summed E-state index contributed by atoms with van der Waals surface area (Å²) in [5.74, 6) is -1.11. The van der Waals surface area contributed by atoms with Crippen molar-refractivity contribution >= 4 is 46.6 Å². The standard InChI is InChI=1S/C35H31ClN4O3.CH4/c1-3-5-20-37-40(4-2)28-17-15-26(16-18-28)25-11-13-27(14-12-25)33-30(36)22-31-34(39-33)29(35(43)38-31)19-10-23-6-8-24(9-7-23)21-32(41)42;/h4,6-9,11-20,22H,2-3,5,10,21H2,1H3,(H,38,43)(H,41,42);1H4/b29-19-,37-20-;. The second kappa shape index (κ2) is 14.4. The summed E-state index contributed by atoms with van der Waals surface area (Å²) in [5, 5.41) is 18.5. The number of anilines is 2. The van der Waals surface area contributed by atoms with Gasteiger partial charge in [-0.15, -0.1) is 0 Å². The number of carbonyl (C=O) groups excluding carboxylic acids is 1. The molecule has 0 unspecified atom stereocenters. The number of rotatable bonds is 11. The number of hydrogen-bond acceptors (Lipinski definition) is 5. The van der Waals surface area contributed by atoms with Gasteiger partial charge in [0.25, 0.3) is 5.91 Å². The van der Waals surface area contributed by atoms with E-state index >= 15 is 0 Å². The van der Waals surface area contributed by atoms with E-state index in [4.69, 9.17) is 21.7 Å². The first-order chi connectivity index (χ1) is 20.9. The van der Waals surface area contributed by atoms with Crippen molar-refractivity contribution in [3.05, 3.63) is 120 Å². The molecule has 5 rings (SSSR count). The first-order valence-electron chi connectivity index (χ1n) is 14.0. The van der Waals surface area contributed by atoms with E-state index in [9.17, 15) is 9.59 Å². The Morgan fingerprint density at radius 3 is 2.20 bits per heavy atom. The molecule has 0 spiro atoms. The van der Waals surface area contributed by atoms with Gasteiger partial charge in [0, 0.05) is 18.0 Å². The molecule has 1 amide bonds. The van der Waals surface area contributed by atoms with Gasteiger partial charge in [-0.3, -0.25) is 9.59 Å². The number of allylic oxidation sites excluding steroid dienone is 1. The number of nitrogens with one attached hydrogen (secondary N) is 1. The average molecular weight is 607 g/mol. The predicted molar refractivity (Wildman–Crippen MR) is 181 cm³/mol. The van der Waals surface area contributed by atoms with Crippen molar-refractivity contribution in [2.75, 3.05) is 10.3 Å². The molecule has 1 aliphatic heterocycles. The molecule has 8 heteroatoms. The summed E-state index contributed by atoms with van der Waals surface area (Å²) in [6.07, 6.45) is 7.84. The molecule has 1 aromatic heterocycles. The molecule has 3 aromatic carbocycles. The van der Waals surface area contributed by atoms with E-state index in [1.54, 1.807) is 29.4 Å². The van der Waals surface area contributed by atoms with Crippen LogP contribution < -0.4 is 10.3 Å². The van der Waals surface area contributed by atoms with Crippen LogP contribution in [0.4, 0.5) is 11.4 Å². The summed E-state index contributed by atoms with van der Waals surface area (Å²) in [5.41, 5.74) is 7.75. The largest absolute Gasteiger partial charge is 0.481 e. The Hall–Kier alpha value is -5.01. The van der Waals surface area contributed by atoms with Gasteiger partial charge in [0.05, 0.1) is 39.8 Å². The maximum absolute atomic E-state index is 12.8. The minimum atomic E-state index is -0.873. The molecule has 0 saturated heterocycles. The first kappa shape index (κ1) is 31.9. The molecule has 0 saturated carbocycles. The van der Waals surface area contributed by atoms with Crippen molar-refractivity contribution in [1.82, 2.24) is 4.98 Å². The van der Waals surface area contributed by atoms with Crippen molar-refractivity contribution in [3.63, 3.8) is 0 Å². The van der Waals surface area contributed by atoms with Crippen LogP contribution in [0.2, 0.25) is 5.02 Å². The number of nitrogens with zero attached hydrogens (tertiary/aromatic N) is 3. The summed E-state index contributed by atoms with van der Waals surface area (Å²) in [6, 6.07) is 25.2. The number of benzene rings is 3. The van der Waals surface area contributed by atoms with Gasteiger partial charge in [-0.05, 0) is 53.3 Å². The number of aromatic nitrogens is 1. The number of aliphatic carboxylic acids is 1. The molecule has 0 aliphatic carbocycles. The third-order valence-electron chi connectivity index (χ3n) is 7.06. The fourth-order valence-electron chi connectivity index (χ4n) is 4.79. The molecule has 0 atom stereocenters. The summed E-state index contributed by atoms with van der Waals surface area (Å²) < 4.78 is 0. The number of unbranched alkanes of at least 4 members (excludes halogenated alkanes) is 1. The number of halogens is 1. The average Bonchev–Trinajstić information content (AvgIpc) is 3.32. The maximum atomic E-state index is 12.8. The highest BCUT2D eigenvalue weighted by molar-refractivity contribution is 6.35. The second-order valence-electron chi connectivity index (χ2n) is 10.1. The molecule has 44 heavy (non-hydrogen) atoms. The molecule has 4 aromatic rings. The van der Waals surface area contributed by atoms with Crippen LogP contribution in [0.1, 0.15) is 44.0 Å². The van der Waals surface area contributed by atoms with Gasteiger partial charge in [-0.1, -0.05) is 106 Å². The lowest BCUT2D eigenvalue weighted by Crippen LogP contribution is -2.06. The molecule has 224 valence electrons. The Labute approximate surface area is 263 Å². The number of pyridine rings is 1. The second-order valence-corrected chi connectivity index (χ2v) is 10.5. The van der Waals surface area contributed by atoms with Crippen molar-refractivity contribution in [2.45, 2.75) is 40.0 Å². The highest BCUT2D eigenvalue weighted by atomic mass is 35.5. The van der Waals surface area contributed by atoms with Crippen LogP contribution in [0.15, 0.2) is 103 Å². The lowest BCUT2D eigenvalue weighted by Gasteiger charge is -2.14. The van der Waals surface area contributed by atoms with Crippen LogP contribution in [0.25, 0.3) is 28.0 Å². The summed E-state index contributed by atoms with van der Waals surface area (Å²) >= 11 is 6.63.